The fourth-order valence-electron chi connectivity index (χ4n) is 3.59. The van der Waals surface area contributed by atoms with E-state index < -0.39 is 29.2 Å². The molecule has 2 aromatic rings. The van der Waals surface area contributed by atoms with Crippen molar-refractivity contribution in [3.05, 3.63) is 58.1 Å². The van der Waals surface area contributed by atoms with Crippen molar-refractivity contribution in [3.8, 4) is 11.5 Å². The molecule has 1 aliphatic heterocycles. The van der Waals surface area contributed by atoms with E-state index in [4.69, 9.17) is 9.84 Å². The largest absolute Gasteiger partial charge is 0.507 e. The molecule has 0 saturated carbocycles. The number of aliphatic hydroxyl groups excluding tert-OH is 1. The minimum Gasteiger partial charge on any atom is -0.507 e. The SMILES string of the molecule is C[C@]1([C@H](O)C(=O)O)Cc2ccc3c(c2O1)C(=O)c1cccc(O)c1C3=O. The number of carbonyl (C=O) groups excluding carboxylic acids is 2. The molecule has 2 aromatic carbocycles. The summed E-state index contributed by atoms with van der Waals surface area (Å²) in [5.74, 6) is -2.61. The quantitative estimate of drug-likeness (QED) is 0.634. The van der Waals surface area contributed by atoms with Gasteiger partial charge >= 0.3 is 5.97 Å². The van der Waals surface area contributed by atoms with E-state index in [2.05, 4.69) is 0 Å². The van der Waals surface area contributed by atoms with Gasteiger partial charge in [0.25, 0.3) is 0 Å². The van der Waals surface area contributed by atoms with Gasteiger partial charge < -0.3 is 20.1 Å². The lowest BCUT2D eigenvalue weighted by atomic mass is 9.82. The summed E-state index contributed by atoms with van der Waals surface area (Å²) < 4.78 is 5.71. The van der Waals surface area contributed by atoms with Crippen molar-refractivity contribution < 1.29 is 34.4 Å². The molecule has 0 amide bonds. The number of carbonyl (C=O) groups is 3. The van der Waals surface area contributed by atoms with Gasteiger partial charge in [-0.3, -0.25) is 9.59 Å². The Bertz CT molecular complexity index is 1010. The van der Waals surface area contributed by atoms with Crippen LogP contribution in [0.5, 0.6) is 11.5 Å². The van der Waals surface area contributed by atoms with Crippen molar-refractivity contribution in [1.82, 2.24) is 0 Å². The minimum absolute atomic E-state index is 0.0342. The Labute approximate surface area is 147 Å². The second kappa shape index (κ2) is 5.15. The van der Waals surface area contributed by atoms with Crippen LogP contribution in [-0.4, -0.2) is 44.6 Å². The van der Waals surface area contributed by atoms with Crippen LogP contribution in [0.1, 0.15) is 44.3 Å². The Hall–Kier alpha value is -3.19. The molecule has 3 N–H and O–H groups in total. The lowest BCUT2D eigenvalue weighted by molar-refractivity contribution is -0.157. The predicted molar refractivity (Wildman–Crippen MR) is 87.8 cm³/mol. The van der Waals surface area contributed by atoms with Gasteiger partial charge in [-0.1, -0.05) is 18.2 Å². The van der Waals surface area contributed by atoms with Crippen LogP contribution in [0.25, 0.3) is 0 Å². The summed E-state index contributed by atoms with van der Waals surface area (Å²) in [6.07, 6.45) is -1.71. The van der Waals surface area contributed by atoms with Crippen molar-refractivity contribution >= 4 is 17.5 Å². The Morgan fingerprint density at radius 3 is 2.46 bits per heavy atom. The summed E-state index contributed by atoms with van der Waals surface area (Å²) in [7, 11) is 0. The van der Waals surface area contributed by atoms with Gasteiger partial charge in [0.15, 0.2) is 17.7 Å². The molecule has 132 valence electrons. The Morgan fingerprint density at radius 1 is 1.12 bits per heavy atom. The number of rotatable bonds is 2. The summed E-state index contributed by atoms with van der Waals surface area (Å²) in [6.45, 7) is 1.44. The molecule has 2 atom stereocenters. The molecule has 0 bridgehead atoms. The Morgan fingerprint density at radius 2 is 1.77 bits per heavy atom. The van der Waals surface area contributed by atoms with Crippen molar-refractivity contribution in [3.63, 3.8) is 0 Å². The predicted octanol–water partition coefficient (Wildman–Crippen LogP) is 1.31. The molecule has 4 rings (SSSR count). The number of phenols is 1. The summed E-state index contributed by atoms with van der Waals surface area (Å²) >= 11 is 0. The molecule has 0 saturated heterocycles. The smallest absolute Gasteiger partial charge is 0.336 e. The van der Waals surface area contributed by atoms with Crippen LogP contribution in [0.4, 0.5) is 0 Å². The van der Waals surface area contributed by atoms with E-state index in [0.717, 1.165) is 0 Å². The van der Waals surface area contributed by atoms with Gasteiger partial charge in [0.2, 0.25) is 0 Å². The van der Waals surface area contributed by atoms with Crippen LogP contribution in [0.3, 0.4) is 0 Å². The van der Waals surface area contributed by atoms with E-state index in [-0.39, 0.29) is 40.2 Å². The third-order valence-corrected chi connectivity index (χ3v) is 4.91. The normalized spacial score (nSPS) is 21.5. The minimum atomic E-state index is -1.80. The summed E-state index contributed by atoms with van der Waals surface area (Å²) in [5.41, 5.74) is -0.797. The lowest BCUT2D eigenvalue weighted by Gasteiger charge is -2.27. The standard InChI is InChI=1S/C19H14O7/c1-19(17(23)18(24)25)7-8-5-6-10-13(16(8)26-19)15(22)9-3-2-4-11(20)12(9)14(10)21/h2-6,17,20,23H,7H2,1H3,(H,24,25)/t17-,19-/m1/s1. The molecule has 0 unspecified atom stereocenters. The number of hydrogen-bond acceptors (Lipinski definition) is 6. The van der Waals surface area contributed by atoms with Gasteiger partial charge in [-0.25, -0.2) is 4.79 Å². The molecule has 0 aromatic heterocycles. The van der Waals surface area contributed by atoms with Gasteiger partial charge in [-0.15, -0.1) is 0 Å². The van der Waals surface area contributed by atoms with E-state index in [1.54, 1.807) is 6.07 Å². The maximum atomic E-state index is 13.0. The topological polar surface area (TPSA) is 121 Å². The first-order valence-corrected chi connectivity index (χ1v) is 7.92. The van der Waals surface area contributed by atoms with E-state index in [1.807, 2.05) is 0 Å². The number of hydrogen-bond donors (Lipinski definition) is 3. The molecule has 0 radical (unpaired) electrons. The number of carboxylic acids is 1. The molecule has 0 spiro atoms. The number of benzene rings is 2. The number of aliphatic carboxylic acids is 1. The zero-order valence-electron chi connectivity index (χ0n) is 13.6. The highest BCUT2D eigenvalue weighted by molar-refractivity contribution is 6.30. The number of aromatic hydroxyl groups is 1. The fourth-order valence-corrected chi connectivity index (χ4v) is 3.59. The molecule has 1 heterocycles. The van der Waals surface area contributed by atoms with Gasteiger partial charge in [0.05, 0.1) is 11.1 Å². The summed E-state index contributed by atoms with van der Waals surface area (Å²) in [4.78, 5) is 36.9. The van der Waals surface area contributed by atoms with Crippen LogP contribution in [0.2, 0.25) is 0 Å². The number of fused-ring (bicyclic) bond motifs is 4. The second-order valence-corrected chi connectivity index (χ2v) is 6.67. The van der Waals surface area contributed by atoms with Gasteiger partial charge in [0, 0.05) is 17.5 Å². The van der Waals surface area contributed by atoms with Crippen LogP contribution in [0, 0.1) is 0 Å². The van der Waals surface area contributed by atoms with Gasteiger partial charge in [-0.05, 0) is 24.6 Å². The zero-order valence-corrected chi connectivity index (χ0v) is 13.6. The third kappa shape index (κ3) is 2.01. The summed E-state index contributed by atoms with van der Waals surface area (Å²) in [6, 6.07) is 7.28. The molecule has 7 nitrogen and oxygen atoms in total. The van der Waals surface area contributed by atoms with Crippen LogP contribution >= 0.6 is 0 Å². The van der Waals surface area contributed by atoms with E-state index >= 15 is 0 Å². The average molecular weight is 354 g/mol. The number of phenolic OH excluding ortho intramolecular Hbond substituents is 1. The maximum Gasteiger partial charge on any atom is 0.336 e. The highest BCUT2D eigenvalue weighted by atomic mass is 16.5. The van der Waals surface area contributed by atoms with E-state index in [9.17, 15) is 24.6 Å². The van der Waals surface area contributed by atoms with Crippen molar-refractivity contribution in [2.45, 2.75) is 25.0 Å². The first-order valence-electron chi connectivity index (χ1n) is 7.92. The lowest BCUT2D eigenvalue weighted by Crippen LogP contribution is -2.48. The van der Waals surface area contributed by atoms with Crippen molar-refractivity contribution in [1.29, 1.82) is 0 Å². The first kappa shape index (κ1) is 16.3. The third-order valence-electron chi connectivity index (χ3n) is 4.91. The Balaban J connectivity index is 1.89. The molecule has 1 aliphatic carbocycles. The molecule has 26 heavy (non-hydrogen) atoms. The van der Waals surface area contributed by atoms with E-state index in [1.165, 1.54) is 31.2 Å². The molecular formula is C19H14O7. The maximum absolute atomic E-state index is 13.0. The highest BCUT2D eigenvalue weighted by Crippen LogP contribution is 2.44. The number of ether oxygens (including phenoxy) is 1. The molecule has 0 fully saturated rings. The second-order valence-electron chi connectivity index (χ2n) is 6.67. The van der Waals surface area contributed by atoms with Gasteiger partial charge in [-0.2, -0.15) is 0 Å². The van der Waals surface area contributed by atoms with Crippen LogP contribution in [0.15, 0.2) is 30.3 Å². The summed E-state index contributed by atoms with van der Waals surface area (Å²) in [5, 5.41) is 29.0. The van der Waals surface area contributed by atoms with Crippen LogP contribution < -0.4 is 4.74 Å². The monoisotopic (exact) mass is 354 g/mol. The zero-order chi connectivity index (χ0) is 18.8. The number of aliphatic hydroxyl groups is 1. The van der Waals surface area contributed by atoms with Crippen LogP contribution in [-0.2, 0) is 11.2 Å². The molecular weight excluding hydrogens is 340 g/mol. The number of ketones is 2. The van der Waals surface area contributed by atoms with Crippen molar-refractivity contribution in [2.75, 3.05) is 0 Å². The first-order chi connectivity index (χ1) is 12.2. The highest BCUT2D eigenvalue weighted by Gasteiger charge is 2.48. The van der Waals surface area contributed by atoms with Crippen molar-refractivity contribution in [2.24, 2.45) is 0 Å². The Kier molecular flexibility index (Phi) is 3.23. The molecule has 2 aliphatic rings. The average Bonchev–Trinajstić information content (AvgIpc) is 2.95. The van der Waals surface area contributed by atoms with Gasteiger partial charge in [0.1, 0.15) is 17.1 Å². The number of carboxylic acid groups (broad SMARTS) is 1. The fraction of sp³-hybridized carbons (Fsp3) is 0.211. The molecule has 7 heteroatoms. The van der Waals surface area contributed by atoms with E-state index in [0.29, 0.717) is 5.56 Å².